The van der Waals surface area contributed by atoms with E-state index in [9.17, 15) is 9.59 Å². The molecule has 8 nitrogen and oxygen atoms in total. The van der Waals surface area contributed by atoms with Crippen molar-refractivity contribution in [2.75, 3.05) is 7.11 Å². The van der Waals surface area contributed by atoms with Crippen molar-refractivity contribution in [3.63, 3.8) is 0 Å². The van der Waals surface area contributed by atoms with Gasteiger partial charge in [-0.1, -0.05) is 54.6 Å². The van der Waals surface area contributed by atoms with Crippen molar-refractivity contribution in [3.05, 3.63) is 93.8 Å². The lowest BCUT2D eigenvalue weighted by molar-refractivity contribution is 0.413. The van der Waals surface area contributed by atoms with Gasteiger partial charge in [-0.25, -0.2) is 4.79 Å². The summed E-state index contributed by atoms with van der Waals surface area (Å²) in [7, 11) is 3.24. The number of para-hydroxylation sites is 2. The Morgan fingerprint density at radius 1 is 1.06 bits per heavy atom. The molecule has 0 unspecified atom stereocenters. The highest BCUT2D eigenvalue weighted by Gasteiger charge is 2.23. The molecule has 0 atom stereocenters. The molecule has 0 saturated carbocycles. The van der Waals surface area contributed by atoms with Crippen LogP contribution in [0, 0.1) is 0 Å². The molecule has 0 fully saturated rings. The van der Waals surface area contributed by atoms with Gasteiger partial charge >= 0.3 is 5.69 Å². The predicted molar refractivity (Wildman–Crippen MR) is 128 cm³/mol. The molecule has 5 rings (SSSR count). The van der Waals surface area contributed by atoms with Crippen LogP contribution >= 0.6 is 0 Å². The summed E-state index contributed by atoms with van der Waals surface area (Å²) in [5.41, 5.74) is 3.10. The highest BCUT2D eigenvalue weighted by Crippen LogP contribution is 2.32. The van der Waals surface area contributed by atoms with Gasteiger partial charge < -0.3 is 4.74 Å². The second-order valence-corrected chi connectivity index (χ2v) is 8.03. The average molecular weight is 441 g/mol. The summed E-state index contributed by atoms with van der Waals surface area (Å²) in [4.78, 5) is 31.1. The van der Waals surface area contributed by atoms with Crippen molar-refractivity contribution in [1.29, 1.82) is 0 Å². The SMILES string of the molecule is C=C(C)Cn1c(=O)c2c(nc3n(-c4ccccc4OC)c(-c4ccccc4)cn23)n(C)c1=O. The first-order valence-corrected chi connectivity index (χ1v) is 10.5. The van der Waals surface area contributed by atoms with Crippen molar-refractivity contribution in [3.8, 4) is 22.7 Å². The van der Waals surface area contributed by atoms with Crippen molar-refractivity contribution in [1.82, 2.24) is 23.1 Å². The van der Waals surface area contributed by atoms with Gasteiger partial charge in [0.1, 0.15) is 5.75 Å². The first-order chi connectivity index (χ1) is 15.9. The van der Waals surface area contributed by atoms with E-state index in [2.05, 4.69) is 6.58 Å². The first kappa shape index (κ1) is 20.6. The van der Waals surface area contributed by atoms with Crippen LogP contribution in [-0.2, 0) is 13.6 Å². The van der Waals surface area contributed by atoms with Crippen LogP contribution in [0.4, 0.5) is 0 Å². The van der Waals surface area contributed by atoms with E-state index in [4.69, 9.17) is 9.72 Å². The van der Waals surface area contributed by atoms with Crippen LogP contribution in [-0.4, -0.2) is 30.2 Å². The van der Waals surface area contributed by atoms with Crippen LogP contribution in [0.3, 0.4) is 0 Å². The molecule has 0 N–H and O–H groups in total. The molecular weight excluding hydrogens is 418 g/mol. The van der Waals surface area contributed by atoms with E-state index in [0.29, 0.717) is 28.3 Å². The number of imidazole rings is 2. The summed E-state index contributed by atoms with van der Waals surface area (Å²) in [6.07, 6.45) is 1.88. The van der Waals surface area contributed by atoms with Gasteiger partial charge in [0, 0.05) is 18.8 Å². The van der Waals surface area contributed by atoms with Gasteiger partial charge in [-0.3, -0.25) is 22.9 Å². The monoisotopic (exact) mass is 441 g/mol. The third-order valence-corrected chi connectivity index (χ3v) is 5.67. The minimum atomic E-state index is -0.427. The Kier molecular flexibility index (Phi) is 4.78. The van der Waals surface area contributed by atoms with Gasteiger partial charge in [0.05, 0.1) is 25.0 Å². The number of aromatic nitrogens is 5. The van der Waals surface area contributed by atoms with E-state index >= 15 is 0 Å². The quantitative estimate of drug-likeness (QED) is 0.392. The van der Waals surface area contributed by atoms with E-state index in [0.717, 1.165) is 16.9 Å². The zero-order valence-corrected chi connectivity index (χ0v) is 18.6. The van der Waals surface area contributed by atoms with Gasteiger partial charge in [0.2, 0.25) is 5.78 Å². The second-order valence-electron chi connectivity index (χ2n) is 8.03. The molecule has 0 saturated heterocycles. The standard InChI is InChI=1S/C25H23N5O3/c1-16(2)14-29-23(31)21-22(27(3)25(29)32)26-24-28(21)15-19(17-10-6-5-7-11-17)30(24)18-12-8-9-13-20(18)33-4/h5-13,15H,1,14H2,2-4H3. The molecule has 2 aromatic carbocycles. The van der Waals surface area contributed by atoms with Crippen molar-refractivity contribution in [2.24, 2.45) is 7.05 Å². The zero-order valence-electron chi connectivity index (χ0n) is 18.6. The van der Waals surface area contributed by atoms with Crippen LogP contribution in [0.2, 0.25) is 0 Å². The Balaban J connectivity index is 1.96. The molecule has 0 aliphatic rings. The summed E-state index contributed by atoms with van der Waals surface area (Å²) < 4.78 is 11.9. The second kappa shape index (κ2) is 7.67. The fourth-order valence-electron chi connectivity index (χ4n) is 4.17. The number of aryl methyl sites for hydroxylation is 1. The maximum atomic E-state index is 13.4. The average Bonchev–Trinajstić information content (AvgIpc) is 3.37. The van der Waals surface area contributed by atoms with Crippen LogP contribution in [0.25, 0.3) is 33.9 Å². The van der Waals surface area contributed by atoms with E-state index in [1.807, 2.05) is 65.4 Å². The van der Waals surface area contributed by atoms with Crippen LogP contribution < -0.4 is 16.0 Å². The Morgan fingerprint density at radius 2 is 1.76 bits per heavy atom. The molecule has 0 bridgehead atoms. The number of fused-ring (bicyclic) bond motifs is 3. The lowest BCUT2D eigenvalue weighted by Gasteiger charge is -2.13. The smallest absolute Gasteiger partial charge is 0.332 e. The van der Waals surface area contributed by atoms with Gasteiger partial charge in [0.15, 0.2) is 11.2 Å². The fourth-order valence-corrected chi connectivity index (χ4v) is 4.17. The molecule has 8 heteroatoms. The minimum absolute atomic E-state index is 0.146. The molecule has 0 aliphatic heterocycles. The van der Waals surface area contributed by atoms with E-state index in [1.165, 1.54) is 9.13 Å². The summed E-state index contributed by atoms with van der Waals surface area (Å²) in [5, 5.41) is 0. The predicted octanol–water partition coefficient (Wildman–Crippen LogP) is 3.39. The van der Waals surface area contributed by atoms with Gasteiger partial charge in [-0.15, -0.1) is 0 Å². The molecule has 3 aromatic heterocycles. The van der Waals surface area contributed by atoms with E-state index in [1.54, 1.807) is 25.5 Å². The third kappa shape index (κ3) is 3.10. The Morgan fingerprint density at radius 3 is 2.45 bits per heavy atom. The number of hydrogen-bond donors (Lipinski definition) is 0. The zero-order chi connectivity index (χ0) is 23.3. The van der Waals surface area contributed by atoms with Gasteiger partial charge in [-0.2, -0.15) is 4.98 Å². The number of methoxy groups -OCH3 is 1. The fraction of sp³-hybridized carbons (Fsp3) is 0.160. The maximum Gasteiger partial charge on any atom is 0.332 e. The van der Waals surface area contributed by atoms with Crippen LogP contribution in [0.15, 0.2) is 82.5 Å². The summed E-state index contributed by atoms with van der Waals surface area (Å²) >= 11 is 0. The highest BCUT2D eigenvalue weighted by atomic mass is 16.5. The topological polar surface area (TPSA) is 75.5 Å². The molecular formula is C25H23N5O3. The largest absolute Gasteiger partial charge is 0.495 e. The Hall–Kier alpha value is -4.33. The molecule has 5 aromatic rings. The van der Waals surface area contributed by atoms with E-state index in [-0.39, 0.29) is 6.54 Å². The number of allylic oxidation sites excluding steroid dienone is 1. The van der Waals surface area contributed by atoms with Crippen molar-refractivity contribution in [2.45, 2.75) is 13.5 Å². The van der Waals surface area contributed by atoms with E-state index < -0.39 is 11.2 Å². The number of nitrogens with zero attached hydrogens (tertiary/aromatic N) is 5. The molecule has 0 amide bonds. The summed E-state index contributed by atoms with van der Waals surface area (Å²) in [6, 6.07) is 17.5. The van der Waals surface area contributed by atoms with Crippen LogP contribution in [0.1, 0.15) is 6.92 Å². The van der Waals surface area contributed by atoms with Crippen molar-refractivity contribution >= 4 is 16.9 Å². The van der Waals surface area contributed by atoms with Gasteiger partial charge in [0.25, 0.3) is 5.56 Å². The first-order valence-electron chi connectivity index (χ1n) is 10.5. The lowest BCUT2D eigenvalue weighted by atomic mass is 10.1. The van der Waals surface area contributed by atoms with Crippen molar-refractivity contribution < 1.29 is 4.74 Å². The number of rotatable bonds is 5. The lowest BCUT2D eigenvalue weighted by Crippen LogP contribution is -2.39. The number of ether oxygens (including phenoxy) is 1. The Labute approximate surface area is 189 Å². The Bertz CT molecular complexity index is 1650. The minimum Gasteiger partial charge on any atom is -0.495 e. The molecule has 0 radical (unpaired) electrons. The molecule has 0 spiro atoms. The number of hydrogen-bond acceptors (Lipinski definition) is 4. The molecule has 0 aliphatic carbocycles. The molecule has 33 heavy (non-hydrogen) atoms. The highest BCUT2D eigenvalue weighted by molar-refractivity contribution is 5.80. The van der Waals surface area contributed by atoms with Gasteiger partial charge in [-0.05, 0) is 19.1 Å². The van der Waals surface area contributed by atoms with Crippen LogP contribution in [0.5, 0.6) is 5.75 Å². The molecule has 166 valence electrons. The normalized spacial score (nSPS) is 11.4. The number of benzene rings is 2. The third-order valence-electron chi connectivity index (χ3n) is 5.67. The molecule has 3 heterocycles. The summed E-state index contributed by atoms with van der Waals surface area (Å²) in [5.74, 6) is 1.17. The maximum absolute atomic E-state index is 13.4. The summed E-state index contributed by atoms with van der Waals surface area (Å²) in [6.45, 7) is 5.79.